The zero-order valence-corrected chi connectivity index (χ0v) is 36.3. The number of allylic oxidation sites excluding steroid dienone is 4. The van der Waals surface area contributed by atoms with Crippen LogP contribution >= 0.6 is 24.8 Å². The largest absolute Gasteiger partial charge is 0.147 e. The van der Waals surface area contributed by atoms with E-state index in [0.29, 0.717) is 3.63 Å². The number of fused-ring (bicyclic) bond motifs is 3. The Kier molecular flexibility index (Phi) is 11.9. The van der Waals surface area contributed by atoms with Gasteiger partial charge in [-0.05, 0) is 0 Å². The van der Waals surface area contributed by atoms with E-state index in [0.717, 1.165) is 6.42 Å². The summed E-state index contributed by atoms with van der Waals surface area (Å²) in [5, 5.41) is 0. The Hall–Kier alpha value is -3.87. The van der Waals surface area contributed by atoms with Gasteiger partial charge in [0.1, 0.15) is 0 Å². The summed E-state index contributed by atoms with van der Waals surface area (Å²) < 4.78 is 3.56. The van der Waals surface area contributed by atoms with Crippen LogP contribution in [0.15, 0.2) is 167 Å². The summed E-state index contributed by atoms with van der Waals surface area (Å²) in [6.45, 7) is 14.3. The van der Waals surface area contributed by atoms with Crippen LogP contribution in [0.25, 0.3) is 33.4 Å². The smallest absolute Gasteiger partial charge is 0.147 e. The van der Waals surface area contributed by atoms with Crippen LogP contribution in [0.5, 0.6) is 0 Å². The van der Waals surface area contributed by atoms with E-state index in [-0.39, 0.29) is 35.6 Å². The molecule has 2 aliphatic rings. The van der Waals surface area contributed by atoms with Crippen molar-refractivity contribution in [2.75, 3.05) is 0 Å². The molecule has 54 heavy (non-hydrogen) atoms. The molecule has 0 amide bonds. The summed E-state index contributed by atoms with van der Waals surface area (Å²) in [5.74, 6) is 0. The normalized spacial score (nSPS) is 13.3. The van der Waals surface area contributed by atoms with Crippen molar-refractivity contribution < 1.29 is 21.3 Å². The number of rotatable bonds is 6. The molecule has 0 saturated heterocycles. The quantitative estimate of drug-likeness (QED) is 0.157. The standard InChI is InChI=1S/C33H33.C13H10.C5H5.2ClH.Zr/c1-32(2,3)30-20-26-24(18-28(30)22-13-9-7-10-14-22)17-25-19-29(23-15-11-8-12-16-23)31(21-27(25)26)33(4,5)6;1-3-7-12(8-4-1)11-13-9-5-2-6-10-13;1-2-4-5-3-1;;;/h7-21H,1-6H3;1-10H;1-3H,4H2;2*1H;. The van der Waals surface area contributed by atoms with Crippen molar-refractivity contribution in [3.8, 4) is 33.4 Å². The van der Waals surface area contributed by atoms with Gasteiger partial charge in [-0.25, -0.2) is 0 Å². The summed E-state index contributed by atoms with van der Waals surface area (Å²) in [6.07, 6.45) is 8.23. The maximum Gasteiger partial charge on any atom is -0.147 e. The zero-order chi connectivity index (χ0) is 36.0. The molecule has 0 radical (unpaired) electrons. The van der Waals surface area contributed by atoms with Gasteiger partial charge in [0.05, 0.1) is 0 Å². The van der Waals surface area contributed by atoms with Gasteiger partial charge in [-0.15, -0.1) is 24.8 Å². The van der Waals surface area contributed by atoms with Crippen molar-refractivity contribution in [3.63, 3.8) is 0 Å². The van der Waals surface area contributed by atoms with Crippen molar-refractivity contribution in [1.82, 2.24) is 0 Å². The van der Waals surface area contributed by atoms with E-state index >= 15 is 0 Å². The molecule has 0 N–H and O–H groups in total. The van der Waals surface area contributed by atoms with Gasteiger partial charge >= 0.3 is 321 Å². The second-order valence-electron chi connectivity index (χ2n) is 16.5. The summed E-state index contributed by atoms with van der Waals surface area (Å²) >= 11 is -2.90. The van der Waals surface area contributed by atoms with Crippen LogP contribution in [-0.2, 0) is 32.1 Å². The predicted molar refractivity (Wildman–Crippen MR) is 234 cm³/mol. The van der Waals surface area contributed by atoms with Gasteiger partial charge in [0.2, 0.25) is 0 Å². The third-order valence-electron chi connectivity index (χ3n) is 10.9. The first-order chi connectivity index (χ1) is 25.1. The van der Waals surface area contributed by atoms with Gasteiger partial charge < -0.3 is 0 Å². The second-order valence-corrected chi connectivity index (χ2v) is 22.7. The molecule has 0 fully saturated rings. The monoisotopic (exact) mass is 822 g/mol. The van der Waals surface area contributed by atoms with Crippen molar-refractivity contribution in [2.24, 2.45) is 0 Å². The molecule has 0 aliphatic heterocycles. The molecule has 0 bridgehead atoms. The molecular formula is C51H50Cl2Zr. The molecule has 3 heteroatoms. The van der Waals surface area contributed by atoms with Crippen LogP contribution in [0.4, 0.5) is 0 Å². The van der Waals surface area contributed by atoms with Crippen LogP contribution in [0.1, 0.15) is 85.0 Å². The van der Waals surface area contributed by atoms with Crippen LogP contribution in [0.3, 0.4) is 0 Å². The molecule has 272 valence electrons. The Labute approximate surface area is 343 Å². The van der Waals surface area contributed by atoms with Gasteiger partial charge in [-0.2, -0.15) is 0 Å². The molecule has 0 unspecified atom stereocenters. The first kappa shape index (κ1) is 39.8. The van der Waals surface area contributed by atoms with E-state index < -0.39 is 21.3 Å². The van der Waals surface area contributed by atoms with Crippen molar-refractivity contribution in [2.45, 2.75) is 62.4 Å². The van der Waals surface area contributed by atoms with Gasteiger partial charge in [0.25, 0.3) is 0 Å². The Morgan fingerprint density at radius 2 is 0.889 bits per heavy atom. The Balaban J connectivity index is 0.00000249. The van der Waals surface area contributed by atoms with Gasteiger partial charge in [-0.3, -0.25) is 0 Å². The molecular weight excluding hydrogens is 775 g/mol. The minimum Gasteiger partial charge on any atom is -0.147 e. The number of hydrogen-bond donors (Lipinski definition) is 0. The molecule has 0 nitrogen and oxygen atoms in total. The molecule has 0 spiro atoms. The second kappa shape index (κ2) is 16.1. The number of benzene rings is 6. The maximum absolute atomic E-state index is 2.90. The summed E-state index contributed by atoms with van der Waals surface area (Å²) in [5.41, 5.74) is 16.7. The fourth-order valence-electron chi connectivity index (χ4n) is 8.43. The molecule has 0 aromatic heterocycles. The Morgan fingerprint density at radius 1 is 0.500 bits per heavy atom. The van der Waals surface area contributed by atoms with Crippen molar-refractivity contribution in [1.29, 1.82) is 0 Å². The van der Waals surface area contributed by atoms with Crippen LogP contribution in [-0.4, -0.2) is 3.21 Å². The van der Waals surface area contributed by atoms with Crippen LogP contribution in [0, 0.1) is 0 Å². The van der Waals surface area contributed by atoms with E-state index in [1.807, 2.05) is 0 Å². The third kappa shape index (κ3) is 7.53. The van der Waals surface area contributed by atoms with Gasteiger partial charge in [0, 0.05) is 0 Å². The van der Waals surface area contributed by atoms with E-state index in [1.165, 1.54) is 66.8 Å². The van der Waals surface area contributed by atoms with E-state index in [9.17, 15) is 0 Å². The fraction of sp³-hybridized carbons (Fsp3) is 0.196. The summed E-state index contributed by atoms with van der Waals surface area (Å²) in [7, 11) is 0. The minimum absolute atomic E-state index is 0. The molecule has 6 aromatic carbocycles. The maximum atomic E-state index is 2.63. The first-order valence-electron chi connectivity index (χ1n) is 18.8. The van der Waals surface area contributed by atoms with E-state index in [2.05, 4.69) is 205 Å². The van der Waals surface area contributed by atoms with E-state index in [4.69, 9.17) is 0 Å². The average Bonchev–Trinajstić information content (AvgIpc) is 3.80. The zero-order valence-electron chi connectivity index (χ0n) is 32.2. The Bertz CT molecular complexity index is 2210. The Morgan fingerprint density at radius 3 is 1.24 bits per heavy atom. The van der Waals surface area contributed by atoms with Crippen molar-refractivity contribution in [3.05, 3.63) is 200 Å². The average molecular weight is 825 g/mol. The van der Waals surface area contributed by atoms with Gasteiger partial charge in [0.15, 0.2) is 0 Å². The first-order valence-corrected chi connectivity index (χ1v) is 22.7. The SMILES string of the molecule is CC(C)(C)c1cc2c(cc1-c1ccccc1)[CH]([Zr]([C]1=CC=CC1)=[C](c1ccccc1)c1ccccc1)c1cc(-c3ccccc3)c(C(C)(C)C)cc1-2.Cl.Cl. The topological polar surface area (TPSA) is 0 Å². The van der Waals surface area contributed by atoms with E-state index in [1.54, 1.807) is 6.49 Å². The molecule has 6 aromatic rings. The predicted octanol–water partition coefficient (Wildman–Crippen LogP) is 14.3. The molecule has 0 heterocycles. The fourth-order valence-corrected chi connectivity index (χ4v) is 17.4. The van der Waals surface area contributed by atoms with Crippen LogP contribution in [0.2, 0.25) is 0 Å². The molecule has 0 saturated carbocycles. The molecule has 0 atom stereocenters. The van der Waals surface area contributed by atoms with Crippen molar-refractivity contribution >= 4 is 28.0 Å². The summed E-state index contributed by atoms with van der Waals surface area (Å²) in [6, 6.07) is 55.3. The number of hydrogen-bond acceptors (Lipinski definition) is 0. The third-order valence-corrected chi connectivity index (χ3v) is 19.2. The van der Waals surface area contributed by atoms with Gasteiger partial charge in [-0.1, -0.05) is 0 Å². The number of halogens is 2. The minimum atomic E-state index is -2.90. The molecule has 8 rings (SSSR count). The molecule has 2 aliphatic carbocycles. The van der Waals surface area contributed by atoms with Crippen LogP contribution < -0.4 is 0 Å². The summed E-state index contributed by atoms with van der Waals surface area (Å²) in [4.78, 5) is 0.